The Morgan fingerprint density at radius 2 is 0.927 bits per heavy atom. The maximum atomic E-state index is 11.9. The van der Waals surface area contributed by atoms with Gasteiger partial charge in [0.25, 0.3) is 5.91 Å². The molecule has 4 N–H and O–H groups in total. The second kappa shape index (κ2) is 24.1. The molecule has 1 aromatic carbocycles. The van der Waals surface area contributed by atoms with Gasteiger partial charge in [-0.25, -0.2) is 4.79 Å². The number of benzene rings is 1. The first-order valence-corrected chi connectivity index (χ1v) is 13.9. The van der Waals surface area contributed by atoms with Crippen molar-refractivity contribution in [3.05, 3.63) is 29.8 Å². The predicted molar refractivity (Wildman–Crippen MR) is 153 cm³/mol. The van der Waals surface area contributed by atoms with Crippen LogP contribution in [0.1, 0.15) is 31.1 Å². The van der Waals surface area contributed by atoms with E-state index in [1.165, 1.54) is 0 Å². The lowest BCUT2D eigenvalue weighted by Crippen LogP contribution is -2.34. The lowest BCUT2D eigenvalue weighted by Gasteiger charge is -2.19. The van der Waals surface area contributed by atoms with E-state index in [0.29, 0.717) is 117 Å². The highest BCUT2D eigenvalue weighted by molar-refractivity contribution is 5.94. The van der Waals surface area contributed by atoms with Crippen LogP contribution in [0.25, 0.3) is 0 Å². The van der Waals surface area contributed by atoms with Gasteiger partial charge in [0.2, 0.25) is 0 Å². The van der Waals surface area contributed by atoms with Crippen LogP contribution in [0.15, 0.2) is 24.3 Å². The number of rotatable bonds is 25. The van der Waals surface area contributed by atoms with Gasteiger partial charge in [0.1, 0.15) is 5.60 Å². The molecule has 41 heavy (non-hydrogen) atoms. The number of hydrogen-bond donors (Lipinski definition) is 3. The fourth-order valence-electron chi connectivity index (χ4n) is 2.93. The number of hydrogen-bond acceptors (Lipinski definition) is 11. The normalized spacial score (nSPS) is 11.4. The average molecular weight is 588 g/mol. The average Bonchev–Trinajstić information content (AvgIpc) is 2.92. The number of nitrogens with two attached hydrogens (primary N) is 1. The Kier molecular flexibility index (Phi) is 21.5. The van der Waals surface area contributed by atoms with Crippen molar-refractivity contribution in [1.82, 2.24) is 10.6 Å². The second-order valence-electron chi connectivity index (χ2n) is 9.59. The molecule has 0 bridgehead atoms. The third-order valence-corrected chi connectivity index (χ3v) is 4.85. The molecule has 0 heterocycles. The van der Waals surface area contributed by atoms with E-state index in [9.17, 15) is 9.59 Å². The van der Waals surface area contributed by atoms with Crippen molar-refractivity contribution in [3.63, 3.8) is 0 Å². The zero-order valence-corrected chi connectivity index (χ0v) is 24.8. The van der Waals surface area contributed by atoms with Crippen molar-refractivity contribution >= 4 is 17.7 Å². The van der Waals surface area contributed by atoms with Crippen LogP contribution in [-0.4, -0.2) is 123 Å². The van der Waals surface area contributed by atoms with Crippen molar-refractivity contribution < 1.29 is 47.5 Å². The molecule has 0 radical (unpaired) electrons. The summed E-state index contributed by atoms with van der Waals surface area (Å²) in [7, 11) is 0. The Hall–Kier alpha value is -2.52. The molecule has 0 spiro atoms. The maximum absolute atomic E-state index is 11.9. The fraction of sp³-hybridized carbons (Fsp3) is 0.714. The summed E-state index contributed by atoms with van der Waals surface area (Å²) in [5, 5.41) is 5.40. The van der Waals surface area contributed by atoms with Crippen molar-refractivity contribution in [2.45, 2.75) is 26.4 Å². The SMILES string of the molecule is CC(C)(C)OC(=O)NCCOCCOCCOCCOCCOCCOCCOCCNC(=O)c1ccc(N)cc1. The summed E-state index contributed by atoms with van der Waals surface area (Å²) >= 11 is 0. The Balaban J connectivity index is 1.71. The van der Waals surface area contributed by atoms with Gasteiger partial charge in [-0.2, -0.15) is 0 Å². The molecule has 236 valence electrons. The van der Waals surface area contributed by atoms with E-state index in [1.54, 1.807) is 24.3 Å². The lowest BCUT2D eigenvalue weighted by molar-refractivity contribution is -0.0203. The topological polar surface area (TPSA) is 158 Å². The van der Waals surface area contributed by atoms with Crippen LogP contribution in [0.4, 0.5) is 10.5 Å². The molecule has 2 amide bonds. The number of anilines is 1. The van der Waals surface area contributed by atoms with Crippen LogP contribution in [0.2, 0.25) is 0 Å². The molecule has 0 aliphatic heterocycles. The van der Waals surface area contributed by atoms with E-state index in [0.717, 1.165) is 0 Å². The van der Waals surface area contributed by atoms with Gasteiger partial charge in [-0.05, 0) is 45.0 Å². The van der Waals surface area contributed by atoms with Crippen LogP contribution in [0.3, 0.4) is 0 Å². The fourth-order valence-corrected chi connectivity index (χ4v) is 2.93. The van der Waals surface area contributed by atoms with Gasteiger partial charge in [-0.3, -0.25) is 4.79 Å². The van der Waals surface area contributed by atoms with E-state index in [2.05, 4.69) is 10.6 Å². The smallest absolute Gasteiger partial charge is 0.407 e. The monoisotopic (exact) mass is 587 g/mol. The maximum Gasteiger partial charge on any atom is 0.407 e. The molecular weight excluding hydrogens is 538 g/mol. The highest BCUT2D eigenvalue weighted by atomic mass is 16.6. The Labute approximate surface area is 243 Å². The first-order valence-electron chi connectivity index (χ1n) is 13.9. The zero-order valence-electron chi connectivity index (χ0n) is 24.8. The molecule has 0 aliphatic rings. The van der Waals surface area contributed by atoms with Gasteiger partial charge >= 0.3 is 6.09 Å². The standard InChI is InChI=1S/C28H49N3O10/c1-28(2,3)41-27(33)31-9-11-35-13-15-37-17-19-39-21-23-40-22-20-38-18-16-36-14-12-34-10-8-30-26(32)24-4-6-25(29)7-5-24/h4-7H,8-23,29H2,1-3H3,(H,30,32)(H,31,33). The minimum Gasteiger partial charge on any atom is -0.444 e. The van der Waals surface area contributed by atoms with Crippen LogP contribution >= 0.6 is 0 Å². The molecule has 1 rings (SSSR count). The predicted octanol–water partition coefficient (Wildman–Crippen LogP) is 1.64. The number of carbonyl (C=O) groups is 2. The summed E-state index contributed by atoms with van der Waals surface area (Å²) in [5.74, 6) is -0.161. The highest BCUT2D eigenvalue weighted by Crippen LogP contribution is 2.06. The molecule has 1 aromatic rings. The van der Waals surface area contributed by atoms with Crippen molar-refractivity contribution in [3.8, 4) is 0 Å². The molecule has 0 aliphatic carbocycles. The first kappa shape index (κ1) is 36.5. The summed E-state index contributed by atoms with van der Waals surface area (Å²) in [6.07, 6.45) is -0.456. The van der Waals surface area contributed by atoms with E-state index < -0.39 is 11.7 Å². The molecule has 0 saturated carbocycles. The summed E-state index contributed by atoms with van der Waals surface area (Å²) in [6.45, 7) is 12.6. The summed E-state index contributed by atoms with van der Waals surface area (Å²) in [4.78, 5) is 23.4. The first-order chi connectivity index (χ1) is 19.8. The molecule has 0 fully saturated rings. The molecule has 13 nitrogen and oxygen atoms in total. The highest BCUT2D eigenvalue weighted by Gasteiger charge is 2.15. The zero-order chi connectivity index (χ0) is 30.0. The third kappa shape index (κ3) is 23.8. The van der Waals surface area contributed by atoms with E-state index in [4.69, 9.17) is 43.6 Å². The van der Waals surface area contributed by atoms with E-state index >= 15 is 0 Å². The van der Waals surface area contributed by atoms with Gasteiger partial charge in [0.05, 0.1) is 92.5 Å². The van der Waals surface area contributed by atoms with Crippen molar-refractivity contribution in [2.24, 2.45) is 0 Å². The van der Waals surface area contributed by atoms with E-state index in [1.807, 2.05) is 20.8 Å². The number of nitrogens with one attached hydrogen (secondary N) is 2. The van der Waals surface area contributed by atoms with Crippen LogP contribution in [0, 0.1) is 0 Å². The third-order valence-electron chi connectivity index (χ3n) is 4.85. The number of ether oxygens (including phenoxy) is 8. The number of amides is 2. The Bertz CT molecular complexity index is 790. The Morgan fingerprint density at radius 1 is 0.585 bits per heavy atom. The van der Waals surface area contributed by atoms with Crippen molar-refractivity contribution in [1.29, 1.82) is 0 Å². The summed E-state index contributed by atoms with van der Waals surface area (Å²) < 4.78 is 43.1. The number of carbonyl (C=O) groups excluding carboxylic acids is 2. The van der Waals surface area contributed by atoms with Gasteiger partial charge in [0, 0.05) is 24.3 Å². The summed E-state index contributed by atoms with van der Waals surface area (Å²) in [6, 6.07) is 6.74. The molecule has 0 aromatic heterocycles. The number of alkyl carbamates (subject to hydrolysis) is 1. The molecular formula is C28H49N3O10. The van der Waals surface area contributed by atoms with Gasteiger partial charge in [-0.1, -0.05) is 0 Å². The molecule has 0 unspecified atom stereocenters. The van der Waals surface area contributed by atoms with Gasteiger partial charge < -0.3 is 54.3 Å². The largest absolute Gasteiger partial charge is 0.444 e. The van der Waals surface area contributed by atoms with Crippen LogP contribution in [0.5, 0.6) is 0 Å². The molecule has 0 atom stereocenters. The van der Waals surface area contributed by atoms with Crippen LogP contribution in [-0.2, 0) is 37.9 Å². The summed E-state index contributed by atoms with van der Waals surface area (Å²) in [5.41, 5.74) is 6.28. The number of nitrogen functional groups attached to an aromatic ring is 1. The molecule has 13 heteroatoms. The van der Waals surface area contributed by atoms with Crippen LogP contribution < -0.4 is 16.4 Å². The lowest BCUT2D eigenvalue weighted by atomic mass is 10.2. The minimum atomic E-state index is -0.513. The van der Waals surface area contributed by atoms with E-state index in [-0.39, 0.29) is 5.91 Å². The minimum absolute atomic E-state index is 0.161. The Morgan fingerprint density at radius 3 is 1.29 bits per heavy atom. The molecule has 0 saturated heterocycles. The quantitative estimate of drug-likeness (QED) is 0.113. The van der Waals surface area contributed by atoms with Gasteiger partial charge in [0.15, 0.2) is 0 Å². The van der Waals surface area contributed by atoms with Crippen molar-refractivity contribution in [2.75, 3.05) is 111 Å². The van der Waals surface area contributed by atoms with Gasteiger partial charge in [-0.15, -0.1) is 0 Å². The second-order valence-corrected chi connectivity index (χ2v) is 9.59.